The number of phosphoric acid groups is 1. The zero-order chi connectivity index (χ0) is 31.9. The second-order valence-corrected chi connectivity index (χ2v) is 12.9. The summed E-state index contributed by atoms with van der Waals surface area (Å²) >= 11 is 0. The number of hydrogen-bond acceptors (Lipinski definition) is 7. The van der Waals surface area contributed by atoms with Crippen LogP contribution in [0.1, 0.15) is 155 Å². The Hall–Kier alpha value is -1.25. The van der Waals surface area contributed by atoms with Crippen LogP contribution in [0.3, 0.4) is 0 Å². The number of nitrogens with one attached hydrogen (secondary N) is 1. The zero-order valence-electron chi connectivity index (χ0n) is 27.4. The molecule has 0 aliphatic rings. The molecule has 0 heterocycles. The maximum atomic E-state index is 12.0. The maximum Gasteiger partial charge on any atom is 0.472 e. The van der Waals surface area contributed by atoms with Crippen LogP contribution in [0.25, 0.3) is 0 Å². The summed E-state index contributed by atoms with van der Waals surface area (Å²) in [5, 5.41) is 12.5. The second-order valence-electron chi connectivity index (χ2n) is 11.5. The Kier molecular flexibility index (Phi) is 29.9. The number of aliphatic hydroxyl groups is 1. The third kappa shape index (κ3) is 32.0. The van der Waals surface area contributed by atoms with Crippen LogP contribution in [0, 0.1) is 0 Å². The number of unbranched alkanes of at least 4 members (excludes halogenated alkanes) is 17. The lowest BCUT2D eigenvalue weighted by atomic mass is 10.1. The van der Waals surface area contributed by atoms with Crippen LogP contribution in [-0.2, 0) is 27.9 Å². The number of amides is 1. The number of allylic oxidation sites excluding steroid dienone is 2. The average molecular weight is 634 g/mol. The normalized spacial score (nSPS) is 13.7. The maximum absolute atomic E-state index is 12.0. The third-order valence-electron chi connectivity index (χ3n) is 7.20. The van der Waals surface area contributed by atoms with Crippen molar-refractivity contribution >= 4 is 19.7 Å². The predicted octanol–water partition coefficient (Wildman–Crippen LogP) is 8.32. The number of carbonyl (C=O) groups is 2. The molecule has 2 atom stereocenters. The molecule has 0 rings (SSSR count). The Morgan fingerprint density at radius 2 is 1.19 bits per heavy atom. The van der Waals surface area contributed by atoms with E-state index in [9.17, 15) is 24.2 Å². The SMILES string of the molecule is CCCCCCCC/C=C\CCCCCCCCCC(=O)NCCOP(=O)(O)OCC(O)COC(=O)CCCCCCC. The van der Waals surface area contributed by atoms with Gasteiger partial charge in [-0.05, 0) is 38.5 Å². The molecule has 0 spiro atoms. The van der Waals surface area contributed by atoms with Gasteiger partial charge in [-0.2, -0.15) is 0 Å². The highest BCUT2D eigenvalue weighted by Crippen LogP contribution is 2.42. The number of esters is 1. The minimum absolute atomic E-state index is 0.0819. The number of phosphoric ester groups is 1. The number of aliphatic hydroxyl groups excluding tert-OH is 1. The monoisotopic (exact) mass is 633 g/mol. The van der Waals surface area contributed by atoms with Gasteiger partial charge in [0, 0.05) is 19.4 Å². The van der Waals surface area contributed by atoms with Crippen LogP contribution in [0.4, 0.5) is 0 Å². The van der Waals surface area contributed by atoms with Crippen LogP contribution in [0.15, 0.2) is 12.2 Å². The Labute approximate surface area is 262 Å². The molecule has 0 bridgehead atoms. The molecule has 254 valence electrons. The number of rotatable bonds is 32. The highest BCUT2D eigenvalue weighted by atomic mass is 31.2. The highest BCUT2D eigenvalue weighted by molar-refractivity contribution is 7.47. The summed E-state index contributed by atoms with van der Waals surface area (Å²) in [4.78, 5) is 33.4. The van der Waals surface area contributed by atoms with Gasteiger partial charge in [-0.3, -0.25) is 18.6 Å². The first-order valence-electron chi connectivity index (χ1n) is 17.2. The Bertz CT molecular complexity index is 734. The van der Waals surface area contributed by atoms with Crippen molar-refractivity contribution in [2.75, 3.05) is 26.4 Å². The lowest BCUT2D eigenvalue weighted by molar-refractivity contribution is -0.147. The van der Waals surface area contributed by atoms with E-state index in [1.807, 2.05) is 0 Å². The van der Waals surface area contributed by atoms with Gasteiger partial charge in [-0.25, -0.2) is 4.57 Å². The molecule has 0 aliphatic carbocycles. The zero-order valence-corrected chi connectivity index (χ0v) is 28.3. The molecule has 9 nitrogen and oxygen atoms in total. The molecule has 0 fully saturated rings. The van der Waals surface area contributed by atoms with Crippen molar-refractivity contribution in [1.29, 1.82) is 0 Å². The summed E-state index contributed by atoms with van der Waals surface area (Å²) in [6.45, 7) is 3.42. The van der Waals surface area contributed by atoms with Crippen LogP contribution >= 0.6 is 7.82 Å². The summed E-state index contributed by atoms with van der Waals surface area (Å²) < 4.78 is 26.5. The molecular formula is C33H64NO8P. The highest BCUT2D eigenvalue weighted by Gasteiger charge is 2.23. The molecule has 1 amide bonds. The summed E-state index contributed by atoms with van der Waals surface area (Å²) in [5.74, 6) is -0.532. The van der Waals surface area contributed by atoms with E-state index in [0.29, 0.717) is 6.42 Å². The van der Waals surface area contributed by atoms with Gasteiger partial charge in [-0.1, -0.05) is 116 Å². The van der Waals surface area contributed by atoms with E-state index >= 15 is 0 Å². The first-order chi connectivity index (χ1) is 20.8. The van der Waals surface area contributed by atoms with Crippen molar-refractivity contribution in [3.8, 4) is 0 Å². The van der Waals surface area contributed by atoms with Crippen molar-refractivity contribution < 1.29 is 37.9 Å². The Morgan fingerprint density at radius 3 is 1.74 bits per heavy atom. The smallest absolute Gasteiger partial charge is 0.463 e. The van der Waals surface area contributed by atoms with Crippen molar-refractivity contribution in [3.63, 3.8) is 0 Å². The van der Waals surface area contributed by atoms with Crippen LogP contribution in [-0.4, -0.2) is 54.3 Å². The van der Waals surface area contributed by atoms with Gasteiger partial charge < -0.3 is 20.1 Å². The summed E-state index contributed by atoms with van der Waals surface area (Å²) in [7, 11) is -4.39. The molecule has 0 aromatic carbocycles. The second kappa shape index (κ2) is 30.8. The molecule has 10 heteroatoms. The first-order valence-corrected chi connectivity index (χ1v) is 18.7. The van der Waals surface area contributed by atoms with Crippen molar-refractivity contribution in [2.45, 2.75) is 161 Å². The van der Waals surface area contributed by atoms with Crippen LogP contribution < -0.4 is 5.32 Å². The van der Waals surface area contributed by atoms with E-state index in [1.165, 1.54) is 77.0 Å². The molecule has 43 heavy (non-hydrogen) atoms. The molecule has 0 aliphatic heterocycles. The van der Waals surface area contributed by atoms with E-state index in [4.69, 9.17) is 13.8 Å². The quantitative estimate of drug-likeness (QED) is 0.0292. The molecule has 0 radical (unpaired) electrons. The van der Waals surface area contributed by atoms with E-state index in [-0.39, 0.29) is 32.1 Å². The van der Waals surface area contributed by atoms with Crippen molar-refractivity contribution in [2.24, 2.45) is 0 Å². The topological polar surface area (TPSA) is 131 Å². The fraction of sp³-hybridized carbons (Fsp3) is 0.879. The van der Waals surface area contributed by atoms with E-state index < -0.39 is 26.5 Å². The Balaban J connectivity index is 3.59. The van der Waals surface area contributed by atoms with E-state index in [1.54, 1.807) is 0 Å². The van der Waals surface area contributed by atoms with E-state index in [0.717, 1.165) is 51.4 Å². The molecule has 2 unspecified atom stereocenters. The largest absolute Gasteiger partial charge is 0.472 e. The summed E-state index contributed by atoms with van der Waals surface area (Å²) in [6, 6.07) is 0. The van der Waals surface area contributed by atoms with Crippen LogP contribution in [0.5, 0.6) is 0 Å². The lowest BCUT2D eigenvalue weighted by Crippen LogP contribution is -2.27. The van der Waals surface area contributed by atoms with Gasteiger partial charge in [-0.15, -0.1) is 0 Å². The molecule has 0 saturated heterocycles. The fourth-order valence-corrected chi connectivity index (χ4v) is 5.31. The standard InChI is InChI=1S/C33H64NO8P/c1-3-5-7-9-10-11-12-13-14-15-16-17-18-19-20-22-23-25-32(36)34-27-28-41-43(38,39)42-30-31(35)29-40-33(37)26-24-21-8-6-4-2/h13-14,31,35H,3-12,15-30H2,1-2H3,(H,34,36)(H,38,39)/b14-13-. The number of carbonyl (C=O) groups excluding carboxylic acids is 2. The molecule has 0 aromatic rings. The van der Waals surface area contributed by atoms with Gasteiger partial charge in [0.25, 0.3) is 0 Å². The van der Waals surface area contributed by atoms with Crippen molar-refractivity contribution in [3.05, 3.63) is 12.2 Å². The van der Waals surface area contributed by atoms with Crippen molar-refractivity contribution in [1.82, 2.24) is 5.32 Å². The molecular weight excluding hydrogens is 569 g/mol. The lowest BCUT2D eigenvalue weighted by Gasteiger charge is -2.15. The van der Waals surface area contributed by atoms with Gasteiger partial charge in [0.15, 0.2) is 0 Å². The van der Waals surface area contributed by atoms with Crippen LogP contribution in [0.2, 0.25) is 0 Å². The summed E-state index contributed by atoms with van der Waals surface area (Å²) in [6.07, 6.45) is 27.6. The van der Waals surface area contributed by atoms with Gasteiger partial charge in [0.2, 0.25) is 5.91 Å². The summed E-state index contributed by atoms with van der Waals surface area (Å²) in [5.41, 5.74) is 0. The molecule has 0 saturated carbocycles. The van der Waals surface area contributed by atoms with Gasteiger partial charge in [0.1, 0.15) is 12.7 Å². The van der Waals surface area contributed by atoms with Gasteiger partial charge >= 0.3 is 13.8 Å². The third-order valence-corrected chi connectivity index (χ3v) is 8.18. The Morgan fingerprint density at radius 1 is 0.698 bits per heavy atom. The molecule has 3 N–H and O–H groups in total. The minimum atomic E-state index is -4.39. The fourth-order valence-electron chi connectivity index (χ4n) is 4.55. The minimum Gasteiger partial charge on any atom is -0.463 e. The first kappa shape index (κ1) is 41.8. The van der Waals surface area contributed by atoms with E-state index in [2.05, 4.69) is 31.3 Å². The van der Waals surface area contributed by atoms with Gasteiger partial charge in [0.05, 0.1) is 13.2 Å². The number of hydrogen-bond donors (Lipinski definition) is 3. The average Bonchev–Trinajstić information content (AvgIpc) is 2.98. The molecule has 0 aromatic heterocycles. The predicted molar refractivity (Wildman–Crippen MR) is 174 cm³/mol. The number of ether oxygens (including phenoxy) is 1.